The highest BCUT2D eigenvalue weighted by Crippen LogP contribution is 1.91. The van der Waals surface area contributed by atoms with Gasteiger partial charge in [0.15, 0.2) is 0 Å². The van der Waals surface area contributed by atoms with Crippen LogP contribution in [-0.2, 0) is 14.3 Å². The number of hydrogen-bond donors (Lipinski definition) is 0. The molecule has 62 valence electrons. The fraction of sp³-hybridized carbons (Fsp3) is 0.429. The maximum Gasteiger partial charge on any atom is 0.279 e. The largest absolute Gasteiger partial charge is 0.279 e. The van der Waals surface area contributed by atoms with E-state index < -0.39 is 10.1 Å². The van der Waals surface area contributed by atoms with Crippen LogP contribution in [-0.4, -0.2) is 20.8 Å². The molecule has 0 spiro atoms. The summed E-state index contributed by atoms with van der Waals surface area (Å²) in [6.45, 7) is 4.90. The van der Waals surface area contributed by atoms with E-state index in [4.69, 9.17) is 0 Å². The Morgan fingerprint density at radius 1 is 1.64 bits per heavy atom. The summed E-state index contributed by atoms with van der Waals surface area (Å²) >= 11 is 0. The Morgan fingerprint density at radius 3 is 2.73 bits per heavy atom. The van der Waals surface area contributed by atoms with E-state index in [0.29, 0.717) is 0 Å². The molecule has 0 aromatic rings. The molecule has 4 heteroatoms. The standard InChI is InChI=1S/C7H10O3S/c1-3-5-7-11(8,9)10-6-4-2/h4H,2,6-7H2,1H3. The normalized spacial score (nSPS) is 9.91. The topological polar surface area (TPSA) is 43.4 Å². The van der Waals surface area contributed by atoms with Crippen LogP contribution in [0.5, 0.6) is 0 Å². The van der Waals surface area contributed by atoms with Gasteiger partial charge in [-0.15, -0.1) is 12.5 Å². The summed E-state index contributed by atoms with van der Waals surface area (Å²) in [5.41, 5.74) is 0. The molecular weight excluding hydrogens is 164 g/mol. The summed E-state index contributed by atoms with van der Waals surface area (Å²) in [4.78, 5) is 0. The van der Waals surface area contributed by atoms with Gasteiger partial charge in [-0.3, -0.25) is 4.18 Å². The van der Waals surface area contributed by atoms with Crippen LogP contribution >= 0.6 is 0 Å². The zero-order chi connectivity index (χ0) is 8.74. The summed E-state index contributed by atoms with van der Waals surface area (Å²) in [6.07, 6.45) is 1.37. The molecule has 0 unspecified atom stereocenters. The second-order valence-electron chi connectivity index (χ2n) is 1.70. The predicted octanol–water partition coefficient (Wildman–Crippen LogP) is 0.542. The minimum Gasteiger partial charge on any atom is -0.265 e. The van der Waals surface area contributed by atoms with Crippen LogP contribution in [0, 0.1) is 11.8 Å². The minimum atomic E-state index is -3.45. The first-order chi connectivity index (χ1) is 5.12. The van der Waals surface area contributed by atoms with Crippen molar-refractivity contribution in [2.75, 3.05) is 12.4 Å². The van der Waals surface area contributed by atoms with Gasteiger partial charge in [-0.2, -0.15) is 8.42 Å². The van der Waals surface area contributed by atoms with Gasteiger partial charge in [0, 0.05) is 0 Å². The van der Waals surface area contributed by atoms with Crippen molar-refractivity contribution in [1.82, 2.24) is 0 Å². The molecule has 0 saturated heterocycles. The first kappa shape index (κ1) is 10.2. The zero-order valence-corrected chi connectivity index (χ0v) is 7.15. The van der Waals surface area contributed by atoms with Gasteiger partial charge >= 0.3 is 0 Å². The Kier molecular flexibility index (Phi) is 4.59. The quantitative estimate of drug-likeness (QED) is 0.355. The van der Waals surface area contributed by atoms with Gasteiger partial charge < -0.3 is 0 Å². The maximum atomic E-state index is 10.8. The van der Waals surface area contributed by atoms with Crippen LogP contribution in [0.3, 0.4) is 0 Å². The van der Waals surface area contributed by atoms with E-state index in [0.717, 1.165) is 0 Å². The second kappa shape index (κ2) is 4.94. The molecular formula is C7H10O3S. The Morgan fingerprint density at radius 2 is 2.27 bits per heavy atom. The lowest BCUT2D eigenvalue weighted by atomic mass is 10.7. The van der Waals surface area contributed by atoms with Crippen LogP contribution in [0.2, 0.25) is 0 Å². The molecule has 11 heavy (non-hydrogen) atoms. The summed E-state index contributed by atoms with van der Waals surface area (Å²) in [7, 11) is -3.45. The Bertz CT molecular complexity index is 266. The SMILES string of the molecule is C=CCOS(=O)(=O)CC#CC. The lowest BCUT2D eigenvalue weighted by Gasteiger charge is -1.96. The van der Waals surface area contributed by atoms with Crippen LogP contribution in [0.25, 0.3) is 0 Å². The Hall–Kier alpha value is -0.790. The highest BCUT2D eigenvalue weighted by molar-refractivity contribution is 7.86. The van der Waals surface area contributed by atoms with Gasteiger partial charge in [-0.05, 0) is 6.92 Å². The molecule has 0 aromatic carbocycles. The molecule has 3 nitrogen and oxygen atoms in total. The van der Waals surface area contributed by atoms with Crippen molar-refractivity contribution < 1.29 is 12.6 Å². The lowest BCUT2D eigenvalue weighted by molar-refractivity contribution is 0.360. The summed E-state index contributed by atoms with van der Waals surface area (Å²) < 4.78 is 26.0. The van der Waals surface area contributed by atoms with E-state index in [1.807, 2.05) is 0 Å². The minimum absolute atomic E-state index is 0.00767. The van der Waals surface area contributed by atoms with Crippen molar-refractivity contribution in [1.29, 1.82) is 0 Å². The molecule has 0 aromatic heterocycles. The first-order valence-electron chi connectivity index (χ1n) is 3.00. The molecule has 0 heterocycles. The fourth-order valence-corrected chi connectivity index (χ4v) is 1.06. The monoisotopic (exact) mass is 174 g/mol. The summed E-state index contributed by atoms with van der Waals surface area (Å²) in [6, 6.07) is 0. The Labute approximate surface area is 67.2 Å². The van der Waals surface area contributed by atoms with E-state index in [-0.39, 0.29) is 12.4 Å². The average Bonchev–Trinajstić information content (AvgIpc) is 1.97. The van der Waals surface area contributed by atoms with E-state index >= 15 is 0 Å². The summed E-state index contributed by atoms with van der Waals surface area (Å²) in [5, 5.41) is 0. The molecule has 0 atom stereocenters. The summed E-state index contributed by atoms with van der Waals surface area (Å²) in [5.74, 6) is 4.61. The van der Waals surface area contributed by atoms with Crippen LogP contribution < -0.4 is 0 Å². The molecule has 0 aliphatic heterocycles. The average molecular weight is 174 g/mol. The van der Waals surface area contributed by atoms with Gasteiger partial charge in [0.25, 0.3) is 10.1 Å². The molecule has 0 radical (unpaired) electrons. The van der Waals surface area contributed by atoms with Crippen LogP contribution in [0.1, 0.15) is 6.92 Å². The molecule has 0 aliphatic rings. The van der Waals surface area contributed by atoms with Gasteiger partial charge in [0.2, 0.25) is 0 Å². The van der Waals surface area contributed by atoms with E-state index in [1.165, 1.54) is 6.08 Å². The van der Waals surface area contributed by atoms with Gasteiger partial charge in [-0.1, -0.05) is 12.0 Å². The second-order valence-corrected chi connectivity index (χ2v) is 3.34. The third kappa shape index (κ3) is 5.64. The van der Waals surface area contributed by atoms with Crippen LogP contribution in [0.15, 0.2) is 12.7 Å². The van der Waals surface area contributed by atoms with Gasteiger partial charge in [0.05, 0.1) is 6.61 Å². The lowest BCUT2D eigenvalue weighted by Crippen LogP contribution is -2.08. The fourth-order valence-electron chi connectivity index (χ4n) is 0.354. The molecule has 0 amide bonds. The third-order valence-corrected chi connectivity index (χ3v) is 1.78. The van der Waals surface area contributed by atoms with Gasteiger partial charge in [0.1, 0.15) is 5.75 Å². The van der Waals surface area contributed by atoms with Crippen molar-refractivity contribution in [3.05, 3.63) is 12.7 Å². The molecule has 0 N–H and O–H groups in total. The maximum absolute atomic E-state index is 10.8. The van der Waals surface area contributed by atoms with Crippen LogP contribution in [0.4, 0.5) is 0 Å². The smallest absolute Gasteiger partial charge is 0.265 e. The third-order valence-electron chi connectivity index (χ3n) is 0.791. The van der Waals surface area contributed by atoms with Crippen molar-refractivity contribution >= 4 is 10.1 Å². The molecule has 0 saturated carbocycles. The Balaban J connectivity index is 3.98. The van der Waals surface area contributed by atoms with Crippen molar-refractivity contribution in [2.24, 2.45) is 0 Å². The zero-order valence-electron chi connectivity index (χ0n) is 6.33. The molecule has 0 fully saturated rings. The molecule has 0 rings (SSSR count). The van der Waals surface area contributed by atoms with Gasteiger partial charge in [-0.25, -0.2) is 0 Å². The molecule has 0 bridgehead atoms. The number of hydrogen-bond acceptors (Lipinski definition) is 3. The van der Waals surface area contributed by atoms with E-state index in [2.05, 4.69) is 22.6 Å². The highest BCUT2D eigenvalue weighted by Gasteiger charge is 2.06. The van der Waals surface area contributed by atoms with Crippen molar-refractivity contribution in [3.63, 3.8) is 0 Å². The highest BCUT2D eigenvalue weighted by atomic mass is 32.2. The molecule has 0 aliphatic carbocycles. The van der Waals surface area contributed by atoms with Crippen molar-refractivity contribution in [2.45, 2.75) is 6.92 Å². The first-order valence-corrected chi connectivity index (χ1v) is 4.57. The number of rotatable bonds is 4. The van der Waals surface area contributed by atoms with E-state index in [9.17, 15) is 8.42 Å². The van der Waals surface area contributed by atoms with Crippen molar-refractivity contribution in [3.8, 4) is 11.8 Å². The predicted molar refractivity (Wildman–Crippen MR) is 43.4 cm³/mol. The van der Waals surface area contributed by atoms with E-state index in [1.54, 1.807) is 6.92 Å².